The molecule has 0 unspecified atom stereocenters. The third-order valence-corrected chi connectivity index (χ3v) is 7.97. The van der Waals surface area contributed by atoms with Gasteiger partial charge < -0.3 is 21.0 Å². The first-order valence-corrected chi connectivity index (χ1v) is 16.6. The maximum Gasteiger partial charge on any atom is 4.00 e. The van der Waals surface area contributed by atoms with Gasteiger partial charge in [0.1, 0.15) is 11.5 Å². The molecule has 0 saturated carbocycles. The van der Waals surface area contributed by atoms with Crippen LogP contribution in [0, 0.1) is 12.8 Å². The quantitative estimate of drug-likeness (QED) is 0.119. The van der Waals surface area contributed by atoms with Gasteiger partial charge in [0.2, 0.25) is 0 Å². The Hall–Kier alpha value is -3.18. The van der Waals surface area contributed by atoms with Crippen molar-refractivity contribution in [3.63, 3.8) is 0 Å². The van der Waals surface area contributed by atoms with Gasteiger partial charge in [0.25, 0.3) is 0 Å². The minimum absolute atomic E-state index is 0. The molecule has 2 N–H and O–H groups in total. The van der Waals surface area contributed by atoms with Gasteiger partial charge in [0.15, 0.2) is 0 Å². The Bertz CT molecular complexity index is 1520. The van der Waals surface area contributed by atoms with E-state index in [1.165, 1.54) is 11.1 Å². The maximum atomic E-state index is 10.1. The van der Waals surface area contributed by atoms with Crippen LogP contribution in [0.3, 0.4) is 0 Å². The van der Waals surface area contributed by atoms with Crippen molar-refractivity contribution in [1.29, 1.82) is 0 Å². The van der Waals surface area contributed by atoms with Crippen LogP contribution in [0.1, 0.15) is 128 Å². The van der Waals surface area contributed by atoms with Gasteiger partial charge in [-0.15, -0.1) is 48.2 Å². The van der Waals surface area contributed by atoms with E-state index in [-0.39, 0.29) is 74.5 Å². The number of halogens is 1. The number of phenols is 2. The number of phenolic OH excluding ortho intramolecular Hbond substituents is 2. The van der Waals surface area contributed by atoms with Crippen LogP contribution < -0.4 is 0 Å². The molecule has 6 heteroatoms. The number of rotatable bonds is 5. The van der Waals surface area contributed by atoms with Gasteiger partial charge in [0, 0.05) is 11.1 Å². The van der Waals surface area contributed by atoms with E-state index >= 15 is 0 Å². The fourth-order valence-corrected chi connectivity index (χ4v) is 4.84. The fraction of sp³-hybridized carbons (Fsp3) is 0.364. The molecule has 4 nitrogen and oxygen atoms in total. The molecule has 0 spiro atoms. The monoisotopic (exact) mass is 824 g/mol. The summed E-state index contributed by atoms with van der Waals surface area (Å²) in [4.78, 5) is 0. The normalized spacial score (nSPS) is 11.2. The molecule has 268 valence electrons. The number of aromatic hydroxyl groups is 2. The zero-order chi connectivity index (χ0) is 36.5. The molecule has 50 heavy (non-hydrogen) atoms. The van der Waals surface area contributed by atoms with Crippen LogP contribution in [0.25, 0.3) is 10.8 Å². The van der Waals surface area contributed by atoms with Crippen LogP contribution in [-0.2, 0) is 39.0 Å². The molecule has 0 aromatic heterocycles. The first kappa shape index (κ1) is 46.8. The Morgan fingerprint density at radius 1 is 0.480 bits per heavy atom. The summed E-state index contributed by atoms with van der Waals surface area (Å²) in [6, 6.07) is 28.4. The molecule has 0 bridgehead atoms. The molecule has 0 atom stereocenters. The third kappa shape index (κ3) is 14.2. The van der Waals surface area contributed by atoms with Gasteiger partial charge in [-0.3, -0.25) is 0 Å². The van der Waals surface area contributed by atoms with Crippen molar-refractivity contribution >= 4 is 36.4 Å². The summed E-state index contributed by atoms with van der Waals surface area (Å²) in [5.41, 5.74) is 7.08. The zero-order valence-corrected chi connectivity index (χ0v) is 35.6. The van der Waals surface area contributed by atoms with E-state index in [2.05, 4.69) is 120 Å². The molecule has 4 rings (SSSR count). The van der Waals surface area contributed by atoms with Crippen molar-refractivity contribution in [1.82, 2.24) is 0 Å². The van der Waals surface area contributed by atoms with E-state index < -0.39 is 0 Å². The Morgan fingerprint density at radius 2 is 0.760 bits per heavy atom. The van der Waals surface area contributed by atoms with Gasteiger partial charge in [0.05, 0.1) is 0 Å². The molecule has 4 aromatic carbocycles. The summed E-state index contributed by atoms with van der Waals surface area (Å²) in [5, 5.41) is 38.7. The van der Waals surface area contributed by atoms with Crippen molar-refractivity contribution in [3.05, 3.63) is 153 Å². The molecule has 0 heterocycles. The molecule has 0 radical (unpaired) electrons. The van der Waals surface area contributed by atoms with Crippen LogP contribution in [0.5, 0.6) is 11.5 Å². The first-order valence-electron chi connectivity index (χ1n) is 16.6. The van der Waals surface area contributed by atoms with Gasteiger partial charge >= 0.3 is 17.4 Å². The van der Waals surface area contributed by atoms with E-state index in [1.807, 2.05) is 60.7 Å². The Morgan fingerprint density at radius 3 is 0.980 bits per heavy atom. The summed E-state index contributed by atoms with van der Waals surface area (Å²) in [6.45, 7) is 25.0. The molecular weight excluding hydrogens is 767 g/mol. The zero-order valence-electron chi connectivity index (χ0n) is 32.0. The number of nitrogens with zero attached hydrogens (tertiary/aromatic N) is 2. The SMILES string of the molecule is CC(C)(C)c1cc(C=[N-])c(O)c(C(C)(C)C)c1.CC(C)(C)c1cc(C=[N-])c(O)c(C(C)(C)C)c1.I.[Cr+4].c1ccc([CH-][CH-]c2ccccc2)cc1. The van der Waals surface area contributed by atoms with E-state index in [1.54, 1.807) is 0 Å². The summed E-state index contributed by atoms with van der Waals surface area (Å²) >= 11 is 0. The number of benzene rings is 4. The third-order valence-electron chi connectivity index (χ3n) is 7.97. The minimum Gasteiger partial charge on any atom is -0.810 e. The number of hydrogen-bond acceptors (Lipinski definition) is 2. The van der Waals surface area contributed by atoms with Crippen LogP contribution >= 0.6 is 24.0 Å². The van der Waals surface area contributed by atoms with Crippen molar-refractivity contribution in [2.24, 2.45) is 0 Å². The largest absolute Gasteiger partial charge is 4.00 e. The molecule has 0 aliphatic heterocycles. The summed E-state index contributed by atoms with van der Waals surface area (Å²) in [6.07, 6.45) is 6.18. The first-order chi connectivity index (χ1) is 22.1. The van der Waals surface area contributed by atoms with Crippen LogP contribution in [0.4, 0.5) is 0 Å². The molecule has 0 fully saturated rings. The minimum atomic E-state index is -0.150. The van der Waals surface area contributed by atoms with Crippen molar-refractivity contribution in [3.8, 4) is 11.5 Å². The van der Waals surface area contributed by atoms with Gasteiger partial charge in [-0.25, -0.2) is 24.0 Å². The Labute approximate surface area is 331 Å². The number of hydrogen-bond donors (Lipinski definition) is 2. The van der Waals surface area contributed by atoms with Gasteiger partial charge in [-0.1, -0.05) is 107 Å². The van der Waals surface area contributed by atoms with Crippen molar-refractivity contribution in [2.45, 2.75) is 105 Å². The van der Waals surface area contributed by atoms with Gasteiger partial charge in [-0.05, 0) is 56.0 Å². The van der Waals surface area contributed by atoms with E-state index in [4.69, 9.17) is 0 Å². The van der Waals surface area contributed by atoms with Crippen molar-refractivity contribution < 1.29 is 27.6 Å². The van der Waals surface area contributed by atoms with E-state index in [9.17, 15) is 21.0 Å². The average molecular weight is 825 g/mol. The predicted octanol–water partition coefficient (Wildman–Crippen LogP) is 12.1. The second-order valence-corrected chi connectivity index (χ2v) is 16.3. The molecule has 0 aliphatic rings. The standard InChI is InChI=1S/2C15H22NO.C14H12.Cr.HI/c2*1-14(2,3)11-7-10(9-16)13(17)12(8-11)15(4,5)6;1-3-7-13(8-4-1)11-12-14-9-5-2-6-10-14;;/h2*7-9,17H,1-6H3;1-12H;;1H/q2*-1;-2;+4;. The van der Waals surface area contributed by atoms with Crippen LogP contribution in [-0.4, -0.2) is 22.6 Å². The maximum absolute atomic E-state index is 10.1. The molecular formula is C44H57CrIN2O2. The second kappa shape index (κ2) is 19.4. The topological polar surface area (TPSA) is 85.1 Å². The van der Waals surface area contributed by atoms with E-state index in [0.29, 0.717) is 11.1 Å². The summed E-state index contributed by atoms with van der Waals surface area (Å²) < 4.78 is 0. The van der Waals surface area contributed by atoms with Crippen LogP contribution in [0.15, 0.2) is 84.9 Å². The van der Waals surface area contributed by atoms with Crippen LogP contribution in [0.2, 0.25) is 0 Å². The summed E-state index contributed by atoms with van der Waals surface area (Å²) in [5.74, 6) is 0.348. The molecule has 0 amide bonds. The molecule has 0 aliphatic carbocycles. The second-order valence-electron chi connectivity index (χ2n) is 16.3. The van der Waals surface area contributed by atoms with Gasteiger partial charge in [-0.2, -0.15) is 36.7 Å². The predicted molar refractivity (Wildman–Crippen MR) is 223 cm³/mol. The Balaban J connectivity index is 0.000000709. The fourth-order valence-electron chi connectivity index (χ4n) is 4.84. The Kier molecular flexibility index (Phi) is 18.2. The van der Waals surface area contributed by atoms with Crippen molar-refractivity contribution in [2.75, 3.05) is 0 Å². The average Bonchev–Trinajstić information content (AvgIpc) is 2.99. The molecule has 0 saturated heterocycles. The molecule has 4 aromatic rings. The smallest absolute Gasteiger partial charge is 0.810 e. The van der Waals surface area contributed by atoms with E-state index in [0.717, 1.165) is 34.7 Å². The summed E-state index contributed by atoms with van der Waals surface area (Å²) in [7, 11) is 0.